The SMILES string of the molecule is CC(=O)O.O=C1Cc2cccc3cccc1c23.c1cc2c3c(cccc3c1)CC2. The molecular formula is C26H22O3. The molecule has 2 aliphatic rings. The van der Waals surface area contributed by atoms with Gasteiger partial charge < -0.3 is 5.11 Å². The molecule has 3 nitrogen and oxygen atoms in total. The Labute approximate surface area is 169 Å². The maximum absolute atomic E-state index is 11.5. The average molecular weight is 382 g/mol. The van der Waals surface area contributed by atoms with Crippen molar-refractivity contribution < 1.29 is 14.7 Å². The second-order valence-electron chi connectivity index (χ2n) is 7.37. The summed E-state index contributed by atoms with van der Waals surface area (Å²) >= 11 is 0. The van der Waals surface area contributed by atoms with Crippen LogP contribution in [0.25, 0.3) is 21.5 Å². The minimum absolute atomic E-state index is 0.256. The zero-order chi connectivity index (χ0) is 20.4. The molecule has 1 N–H and O–H groups in total. The Morgan fingerprint density at radius 2 is 1.17 bits per heavy atom. The van der Waals surface area contributed by atoms with Gasteiger partial charge in [-0.2, -0.15) is 0 Å². The maximum atomic E-state index is 11.5. The quantitative estimate of drug-likeness (QED) is 0.430. The number of carbonyl (C=O) groups excluding carboxylic acids is 1. The monoisotopic (exact) mass is 382 g/mol. The van der Waals surface area contributed by atoms with Crippen molar-refractivity contribution in [3.8, 4) is 0 Å². The summed E-state index contributed by atoms with van der Waals surface area (Å²) in [4.78, 5) is 20.5. The van der Waals surface area contributed by atoms with Gasteiger partial charge in [-0.15, -0.1) is 0 Å². The molecule has 0 amide bonds. The van der Waals surface area contributed by atoms with Gasteiger partial charge in [-0.05, 0) is 51.1 Å². The minimum atomic E-state index is -0.833. The van der Waals surface area contributed by atoms with E-state index in [4.69, 9.17) is 9.90 Å². The van der Waals surface area contributed by atoms with Gasteiger partial charge in [0.2, 0.25) is 0 Å². The van der Waals surface area contributed by atoms with Gasteiger partial charge in [0.05, 0.1) is 0 Å². The summed E-state index contributed by atoms with van der Waals surface area (Å²) < 4.78 is 0. The normalized spacial score (nSPS) is 12.9. The van der Waals surface area contributed by atoms with Crippen LogP contribution in [0.5, 0.6) is 0 Å². The standard InChI is InChI=1S/C12H8O.C12H10.C2H4O2/c13-11-7-9-5-1-3-8-4-2-6-10(11)12(8)9;1-3-9-4-2-6-11-8-7-10(5-1)12(9)11;1-2(3)4/h1-6H,7H2;1-6H,7-8H2;1H3,(H,3,4). The maximum Gasteiger partial charge on any atom is 0.300 e. The molecule has 0 bridgehead atoms. The van der Waals surface area contributed by atoms with E-state index >= 15 is 0 Å². The molecule has 0 fully saturated rings. The number of hydrogen-bond donors (Lipinski definition) is 1. The summed E-state index contributed by atoms with van der Waals surface area (Å²) in [5, 5.41) is 12.7. The van der Waals surface area contributed by atoms with Crippen LogP contribution in [0, 0.1) is 0 Å². The Hall–Kier alpha value is -3.46. The Morgan fingerprint density at radius 3 is 1.72 bits per heavy atom. The van der Waals surface area contributed by atoms with E-state index in [1.165, 1.54) is 45.7 Å². The summed E-state index contributed by atoms with van der Waals surface area (Å²) in [6, 6.07) is 25.3. The topological polar surface area (TPSA) is 54.4 Å². The number of hydrogen-bond acceptors (Lipinski definition) is 2. The molecule has 3 heteroatoms. The van der Waals surface area contributed by atoms with Crippen LogP contribution in [0.2, 0.25) is 0 Å². The van der Waals surface area contributed by atoms with Gasteiger partial charge in [0.25, 0.3) is 5.97 Å². The smallest absolute Gasteiger partial charge is 0.300 e. The summed E-state index contributed by atoms with van der Waals surface area (Å²) in [6.07, 6.45) is 3.05. The first-order chi connectivity index (χ1) is 14.0. The van der Waals surface area contributed by atoms with Gasteiger partial charge in [-0.1, -0.05) is 72.8 Å². The lowest BCUT2D eigenvalue weighted by Crippen LogP contribution is -1.92. The molecule has 0 saturated carbocycles. The van der Waals surface area contributed by atoms with Crippen molar-refractivity contribution in [1.29, 1.82) is 0 Å². The van der Waals surface area contributed by atoms with Crippen molar-refractivity contribution in [2.75, 3.05) is 0 Å². The molecule has 0 atom stereocenters. The van der Waals surface area contributed by atoms with E-state index in [-0.39, 0.29) is 5.78 Å². The molecule has 0 unspecified atom stereocenters. The molecule has 0 heterocycles. The van der Waals surface area contributed by atoms with Crippen molar-refractivity contribution in [2.45, 2.75) is 26.2 Å². The van der Waals surface area contributed by atoms with E-state index < -0.39 is 5.97 Å². The minimum Gasteiger partial charge on any atom is -0.481 e. The first kappa shape index (κ1) is 18.9. The lowest BCUT2D eigenvalue weighted by atomic mass is 10.1. The van der Waals surface area contributed by atoms with E-state index in [2.05, 4.69) is 48.5 Å². The molecule has 0 aliphatic heterocycles. The molecule has 4 aromatic carbocycles. The molecular weight excluding hydrogens is 360 g/mol. The van der Waals surface area contributed by atoms with Crippen LogP contribution in [0.4, 0.5) is 0 Å². The van der Waals surface area contributed by atoms with Crippen molar-refractivity contribution in [3.63, 3.8) is 0 Å². The summed E-state index contributed by atoms with van der Waals surface area (Å²) in [5.41, 5.74) is 5.14. The van der Waals surface area contributed by atoms with Gasteiger partial charge in [-0.3, -0.25) is 9.59 Å². The molecule has 29 heavy (non-hydrogen) atoms. The lowest BCUT2D eigenvalue weighted by Gasteiger charge is -1.99. The molecule has 0 spiro atoms. The first-order valence-electron chi connectivity index (χ1n) is 9.77. The Bertz CT molecular complexity index is 1190. The molecule has 4 aromatic rings. The van der Waals surface area contributed by atoms with E-state index in [0.717, 1.165) is 17.9 Å². The molecule has 2 aliphatic carbocycles. The third kappa shape index (κ3) is 3.77. The number of rotatable bonds is 0. The number of carboxylic acid groups (broad SMARTS) is 1. The van der Waals surface area contributed by atoms with Crippen LogP contribution in [-0.4, -0.2) is 16.9 Å². The van der Waals surface area contributed by atoms with Crippen molar-refractivity contribution in [1.82, 2.24) is 0 Å². The molecule has 0 radical (unpaired) electrons. The predicted molar refractivity (Wildman–Crippen MR) is 117 cm³/mol. The Morgan fingerprint density at radius 1 is 0.724 bits per heavy atom. The summed E-state index contributed by atoms with van der Waals surface area (Å²) in [5.74, 6) is -0.577. The molecule has 0 aromatic heterocycles. The van der Waals surface area contributed by atoms with E-state index in [1.807, 2.05) is 24.3 Å². The summed E-state index contributed by atoms with van der Waals surface area (Å²) in [7, 11) is 0. The number of aliphatic carboxylic acids is 1. The fraction of sp³-hybridized carbons (Fsp3) is 0.154. The number of carbonyl (C=O) groups is 2. The summed E-state index contributed by atoms with van der Waals surface area (Å²) in [6.45, 7) is 1.08. The second-order valence-corrected chi connectivity index (χ2v) is 7.37. The average Bonchev–Trinajstić information content (AvgIpc) is 3.27. The fourth-order valence-electron chi connectivity index (χ4n) is 4.25. The zero-order valence-electron chi connectivity index (χ0n) is 16.3. The first-order valence-corrected chi connectivity index (χ1v) is 9.77. The van der Waals surface area contributed by atoms with Crippen molar-refractivity contribution in [2.24, 2.45) is 0 Å². The lowest BCUT2D eigenvalue weighted by molar-refractivity contribution is -0.134. The van der Waals surface area contributed by atoms with E-state index in [0.29, 0.717) is 6.42 Å². The number of Topliss-reactive ketones (excluding diaryl/α,β-unsaturated/α-hetero) is 1. The highest BCUT2D eigenvalue weighted by Crippen LogP contribution is 2.31. The third-order valence-corrected chi connectivity index (χ3v) is 5.38. The molecule has 6 rings (SSSR count). The van der Waals surface area contributed by atoms with E-state index in [1.54, 1.807) is 0 Å². The number of benzene rings is 4. The third-order valence-electron chi connectivity index (χ3n) is 5.38. The van der Waals surface area contributed by atoms with Crippen LogP contribution in [0.3, 0.4) is 0 Å². The largest absolute Gasteiger partial charge is 0.481 e. The highest BCUT2D eigenvalue weighted by Gasteiger charge is 2.20. The Balaban J connectivity index is 0.000000120. The Kier molecular flexibility index (Phi) is 5.13. The van der Waals surface area contributed by atoms with Crippen LogP contribution in [0.1, 0.15) is 34.0 Å². The van der Waals surface area contributed by atoms with Crippen LogP contribution >= 0.6 is 0 Å². The van der Waals surface area contributed by atoms with Gasteiger partial charge in [0.15, 0.2) is 5.78 Å². The fourth-order valence-corrected chi connectivity index (χ4v) is 4.25. The van der Waals surface area contributed by atoms with Crippen molar-refractivity contribution in [3.05, 3.63) is 95.1 Å². The number of aryl methyl sites for hydroxylation is 2. The van der Waals surface area contributed by atoms with Crippen LogP contribution < -0.4 is 0 Å². The predicted octanol–water partition coefficient (Wildman–Crippen LogP) is 5.61. The highest BCUT2D eigenvalue weighted by molar-refractivity contribution is 6.15. The number of ketones is 1. The van der Waals surface area contributed by atoms with Gasteiger partial charge >= 0.3 is 0 Å². The van der Waals surface area contributed by atoms with Crippen molar-refractivity contribution >= 4 is 33.3 Å². The van der Waals surface area contributed by atoms with Gasteiger partial charge in [-0.25, -0.2) is 0 Å². The number of carboxylic acids is 1. The highest BCUT2D eigenvalue weighted by atomic mass is 16.4. The van der Waals surface area contributed by atoms with Crippen LogP contribution in [-0.2, 0) is 24.1 Å². The second kappa shape index (κ2) is 7.88. The van der Waals surface area contributed by atoms with Gasteiger partial charge in [0.1, 0.15) is 0 Å². The zero-order valence-corrected chi connectivity index (χ0v) is 16.3. The van der Waals surface area contributed by atoms with E-state index in [9.17, 15) is 4.79 Å². The van der Waals surface area contributed by atoms with Crippen LogP contribution in [0.15, 0.2) is 72.8 Å². The molecule has 144 valence electrons. The molecule has 0 saturated heterocycles. The van der Waals surface area contributed by atoms with Gasteiger partial charge in [0, 0.05) is 18.9 Å².